The van der Waals surface area contributed by atoms with Gasteiger partial charge in [0.2, 0.25) is 17.8 Å². The number of rotatable bonds is 6. The van der Waals surface area contributed by atoms with Crippen LogP contribution in [0.15, 0.2) is 18.3 Å². The second-order valence-electron chi connectivity index (χ2n) is 8.99. The van der Waals surface area contributed by atoms with Gasteiger partial charge in [-0.2, -0.15) is 4.98 Å². The monoisotopic (exact) mass is 521 g/mol. The molecule has 3 aromatic rings. The van der Waals surface area contributed by atoms with Crippen LogP contribution in [0.5, 0.6) is 0 Å². The number of carbonyl (C=O) groups is 1. The fourth-order valence-electron chi connectivity index (χ4n) is 4.78. The highest BCUT2D eigenvalue weighted by atomic mass is 35.5. The average molecular weight is 522 g/mol. The number of nitrogens with two attached hydrogens (primary N) is 1. The smallest absolute Gasteiger partial charge is 0.224 e. The molecule has 1 saturated heterocycles. The van der Waals surface area contributed by atoms with E-state index in [0.717, 1.165) is 25.7 Å². The van der Waals surface area contributed by atoms with Crippen molar-refractivity contribution in [2.24, 2.45) is 11.7 Å². The highest BCUT2D eigenvalue weighted by Gasteiger charge is 2.29. The van der Waals surface area contributed by atoms with Crippen molar-refractivity contribution in [2.75, 3.05) is 23.8 Å². The maximum absolute atomic E-state index is 13.8. The van der Waals surface area contributed by atoms with Crippen LogP contribution in [0.1, 0.15) is 44.6 Å². The molecular weight excluding hydrogens is 496 g/mol. The van der Waals surface area contributed by atoms with E-state index in [0.29, 0.717) is 54.8 Å². The zero-order valence-electron chi connectivity index (χ0n) is 18.9. The molecule has 186 valence electrons. The van der Waals surface area contributed by atoms with Crippen molar-refractivity contribution in [3.63, 3.8) is 0 Å². The lowest BCUT2D eigenvalue weighted by Gasteiger charge is -2.29. The van der Waals surface area contributed by atoms with Crippen molar-refractivity contribution in [2.45, 2.75) is 50.6 Å². The van der Waals surface area contributed by atoms with Gasteiger partial charge in [-0.15, -0.1) is 0 Å². The number of primary amides is 1. The van der Waals surface area contributed by atoms with Crippen LogP contribution in [0, 0.1) is 11.7 Å². The lowest BCUT2D eigenvalue weighted by Crippen LogP contribution is -2.29. The van der Waals surface area contributed by atoms with Crippen molar-refractivity contribution in [3.05, 3.63) is 34.2 Å². The first-order valence-corrected chi connectivity index (χ1v) is 12.5. The van der Waals surface area contributed by atoms with Gasteiger partial charge < -0.3 is 21.1 Å². The summed E-state index contributed by atoms with van der Waals surface area (Å²) in [6.45, 7) is 1.41. The van der Waals surface area contributed by atoms with Crippen molar-refractivity contribution in [1.29, 1.82) is 0 Å². The highest BCUT2D eigenvalue weighted by Crippen LogP contribution is 2.39. The van der Waals surface area contributed by atoms with Gasteiger partial charge in [0.1, 0.15) is 11.3 Å². The minimum absolute atomic E-state index is 0.0265. The number of nitrogens with zero attached hydrogens (tertiary/aromatic N) is 4. The van der Waals surface area contributed by atoms with Crippen LogP contribution in [0.25, 0.3) is 11.2 Å². The van der Waals surface area contributed by atoms with E-state index < -0.39 is 5.82 Å². The van der Waals surface area contributed by atoms with E-state index in [1.54, 1.807) is 6.20 Å². The van der Waals surface area contributed by atoms with Gasteiger partial charge in [-0.3, -0.25) is 9.36 Å². The third kappa shape index (κ3) is 5.00. The maximum Gasteiger partial charge on any atom is 0.224 e. The van der Waals surface area contributed by atoms with Crippen LogP contribution in [-0.4, -0.2) is 44.7 Å². The SMILES string of the molecule is NC(=O)C1CCC(n2c(Nc3ccc(F)c(Cl)c3Cl)nc3cnc(NC4CCOCC4)nc32)CC1. The third-order valence-corrected chi connectivity index (χ3v) is 7.59. The van der Waals surface area contributed by atoms with Gasteiger partial charge in [-0.05, 0) is 50.7 Å². The number of aromatic nitrogens is 4. The largest absolute Gasteiger partial charge is 0.381 e. The fourth-order valence-corrected chi connectivity index (χ4v) is 5.15. The van der Waals surface area contributed by atoms with Crippen LogP contribution < -0.4 is 16.4 Å². The zero-order valence-corrected chi connectivity index (χ0v) is 20.4. The standard InChI is InChI=1S/C23H26Cl2FN7O2/c24-18-15(26)5-6-16(19(18)25)30-23-31-17-11-28-22(29-13-7-9-35-10-8-13)32-21(17)33(23)14-3-1-12(2-4-14)20(27)34/h5-6,11-14H,1-4,7-10H2,(H2,27,34)(H,30,31)(H,28,29,32). The Kier molecular flexibility index (Phi) is 6.95. The molecule has 0 spiro atoms. The first-order valence-electron chi connectivity index (χ1n) is 11.7. The van der Waals surface area contributed by atoms with Crippen LogP contribution >= 0.6 is 23.2 Å². The number of hydrogen-bond donors (Lipinski definition) is 3. The Hall–Kier alpha value is -2.69. The lowest BCUT2D eigenvalue weighted by molar-refractivity contribution is -0.122. The number of fused-ring (bicyclic) bond motifs is 1. The summed E-state index contributed by atoms with van der Waals surface area (Å²) in [5, 5.41) is 6.51. The summed E-state index contributed by atoms with van der Waals surface area (Å²) >= 11 is 12.3. The van der Waals surface area contributed by atoms with Crippen molar-refractivity contribution >= 4 is 57.9 Å². The molecule has 2 aliphatic rings. The predicted molar refractivity (Wildman–Crippen MR) is 133 cm³/mol. The van der Waals surface area contributed by atoms with Crippen molar-refractivity contribution < 1.29 is 13.9 Å². The summed E-state index contributed by atoms with van der Waals surface area (Å²) in [6.07, 6.45) is 6.28. The molecule has 3 heterocycles. The van der Waals surface area contributed by atoms with E-state index in [1.165, 1.54) is 12.1 Å². The van der Waals surface area contributed by atoms with Gasteiger partial charge in [0.15, 0.2) is 5.65 Å². The molecule has 0 unspecified atom stereocenters. The summed E-state index contributed by atoms with van der Waals surface area (Å²) < 4.78 is 21.3. The summed E-state index contributed by atoms with van der Waals surface area (Å²) in [6, 6.07) is 3.03. The molecule has 5 rings (SSSR count). The first kappa shape index (κ1) is 24.0. The van der Waals surface area contributed by atoms with Gasteiger partial charge in [0.25, 0.3) is 0 Å². The predicted octanol–water partition coefficient (Wildman–Crippen LogP) is 4.82. The Bertz CT molecular complexity index is 1240. The molecule has 4 N–H and O–H groups in total. The maximum atomic E-state index is 13.8. The number of carbonyl (C=O) groups excluding carboxylic acids is 1. The number of halogens is 3. The second kappa shape index (κ2) is 10.1. The van der Waals surface area contributed by atoms with E-state index >= 15 is 0 Å². The summed E-state index contributed by atoms with van der Waals surface area (Å²) in [5.74, 6) is 0.00375. The molecule has 0 radical (unpaired) electrons. The first-order chi connectivity index (χ1) is 16.9. The minimum atomic E-state index is -0.602. The third-order valence-electron chi connectivity index (χ3n) is 6.73. The van der Waals surface area contributed by atoms with Gasteiger partial charge in [0.05, 0.1) is 21.9 Å². The van der Waals surface area contributed by atoms with E-state index in [9.17, 15) is 9.18 Å². The Balaban J connectivity index is 1.51. The number of nitrogens with one attached hydrogen (secondary N) is 2. The molecule has 0 bridgehead atoms. The summed E-state index contributed by atoms with van der Waals surface area (Å²) in [5.41, 5.74) is 7.22. The number of hydrogen-bond acceptors (Lipinski definition) is 7. The molecule has 2 fully saturated rings. The molecular formula is C23H26Cl2FN7O2. The van der Waals surface area contributed by atoms with Crippen molar-refractivity contribution in [1.82, 2.24) is 19.5 Å². The fraction of sp³-hybridized carbons (Fsp3) is 0.478. The van der Waals surface area contributed by atoms with Gasteiger partial charge in [-0.25, -0.2) is 14.4 Å². The lowest BCUT2D eigenvalue weighted by atomic mass is 9.85. The minimum Gasteiger partial charge on any atom is -0.381 e. The molecule has 9 nitrogen and oxygen atoms in total. The van der Waals surface area contributed by atoms with Gasteiger partial charge in [0, 0.05) is 31.2 Å². The molecule has 1 saturated carbocycles. The molecule has 0 atom stereocenters. The van der Waals surface area contributed by atoms with Crippen molar-refractivity contribution in [3.8, 4) is 0 Å². The van der Waals surface area contributed by atoms with Crippen LogP contribution in [0.4, 0.5) is 22.0 Å². The molecule has 1 amide bonds. The summed E-state index contributed by atoms with van der Waals surface area (Å²) in [4.78, 5) is 25.7. The Morgan fingerprint density at radius 3 is 2.54 bits per heavy atom. The van der Waals surface area contributed by atoms with E-state index in [4.69, 9.17) is 43.6 Å². The van der Waals surface area contributed by atoms with Crippen LogP contribution in [0.2, 0.25) is 10.0 Å². The zero-order chi connectivity index (χ0) is 24.5. The quantitative estimate of drug-likeness (QED) is 0.397. The molecule has 1 aliphatic carbocycles. The van der Waals surface area contributed by atoms with Gasteiger partial charge in [-0.1, -0.05) is 23.2 Å². The van der Waals surface area contributed by atoms with Crippen LogP contribution in [0.3, 0.4) is 0 Å². The molecule has 2 aromatic heterocycles. The Morgan fingerprint density at radius 2 is 1.83 bits per heavy atom. The molecule has 35 heavy (non-hydrogen) atoms. The Morgan fingerprint density at radius 1 is 1.09 bits per heavy atom. The summed E-state index contributed by atoms with van der Waals surface area (Å²) in [7, 11) is 0. The van der Waals surface area contributed by atoms with E-state index in [1.807, 2.05) is 4.57 Å². The van der Waals surface area contributed by atoms with E-state index in [-0.39, 0.29) is 34.0 Å². The highest BCUT2D eigenvalue weighted by molar-refractivity contribution is 6.43. The number of imidazole rings is 1. The Labute approximate surface area is 211 Å². The molecule has 1 aliphatic heterocycles. The normalized spacial score (nSPS) is 21.2. The number of anilines is 3. The molecule has 12 heteroatoms. The average Bonchev–Trinajstić information content (AvgIpc) is 3.22. The van der Waals surface area contributed by atoms with Crippen LogP contribution in [-0.2, 0) is 9.53 Å². The topological polar surface area (TPSA) is 120 Å². The second-order valence-corrected chi connectivity index (χ2v) is 9.75. The number of benzene rings is 1. The number of ether oxygens (including phenoxy) is 1. The van der Waals surface area contributed by atoms with Gasteiger partial charge >= 0.3 is 0 Å². The molecule has 1 aromatic carbocycles. The number of amides is 1. The van der Waals surface area contributed by atoms with E-state index in [2.05, 4.69) is 15.6 Å².